The van der Waals surface area contributed by atoms with Crippen molar-refractivity contribution >= 4 is 17.4 Å². The van der Waals surface area contributed by atoms with E-state index in [1.807, 2.05) is 0 Å². The molecule has 0 heterocycles. The van der Waals surface area contributed by atoms with Crippen molar-refractivity contribution in [2.75, 3.05) is 5.73 Å². The van der Waals surface area contributed by atoms with Gasteiger partial charge in [0.1, 0.15) is 5.75 Å². The third-order valence-corrected chi connectivity index (χ3v) is 3.18. The Hall–Kier alpha value is -2.82. The first kappa shape index (κ1) is 14.6. The average Bonchev–Trinajstić information content (AvgIpc) is 2.46. The zero-order valence-corrected chi connectivity index (χ0v) is 11.2. The maximum absolute atomic E-state index is 12.2. The number of benzene rings is 2. The summed E-state index contributed by atoms with van der Waals surface area (Å²) in [7, 11) is 0. The lowest BCUT2D eigenvalue weighted by Crippen LogP contribution is -2.12. The van der Waals surface area contributed by atoms with Gasteiger partial charge in [-0.05, 0) is 36.2 Å². The molecule has 5 heteroatoms. The standard InChI is InChI=1S/C16H15NO4/c17-13-3-1-2-12(16(20)21)15(13)14(19)9-6-10-4-7-11(18)8-5-10/h1-5,7-8,18H,6,9,17H2,(H,20,21). The zero-order valence-electron chi connectivity index (χ0n) is 11.2. The topological polar surface area (TPSA) is 101 Å². The van der Waals surface area contributed by atoms with Crippen LogP contribution in [0.5, 0.6) is 5.75 Å². The maximum Gasteiger partial charge on any atom is 0.336 e. The smallest absolute Gasteiger partial charge is 0.336 e. The molecule has 0 spiro atoms. The Kier molecular flexibility index (Phi) is 4.23. The van der Waals surface area contributed by atoms with E-state index < -0.39 is 5.97 Å². The molecule has 0 saturated heterocycles. The Balaban J connectivity index is 2.17. The summed E-state index contributed by atoms with van der Waals surface area (Å²) < 4.78 is 0. The van der Waals surface area contributed by atoms with Crippen molar-refractivity contribution in [2.24, 2.45) is 0 Å². The molecular formula is C16H15NO4. The number of hydrogen-bond donors (Lipinski definition) is 3. The first-order valence-corrected chi connectivity index (χ1v) is 6.42. The van der Waals surface area contributed by atoms with Gasteiger partial charge in [0, 0.05) is 12.1 Å². The third-order valence-electron chi connectivity index (χ3n) is 3.18. The number of carboxylic acid groups (broad SMARTS) is 1. The van der Waals surface area contributed by atoms with E-state index in [0.717, 1.165) is 5.56 Å². The first-order chi connectivity index (χ1) is 9.99. The monoisotopic (exact) mass is 285 g/mol. The summed E-state index contributed by atoms with van der Waals surface area (Å²) in [6.45, 7) is 0. The fourth-order valence-corrected chi connectivity index (χ4v) is 2.11. The molecule has 21 heavy (non-hydrogen) atoms. The maximum atomic E-state index is 12.2. The minimum Gasteiger partial charge on any atom is -0.508 e. The van der Waals surface area contributed by atoms with Crippen LogP contribution in [0.15, 0.2) is 42.5 Å². The molecule has 2 aromatic carbocycles. The Morgan fingerprint density at radius 1 is 1.05 bits per heavy atom. The van der Waals surface area contributed by atoms with Crippen molar-refractivity contribution in [2.45, 2.75) is 12.8 Å². The minimum atomic E-state index is -1.17. The molecule has 4 N–H and O–H groups in total. The van der Waals surface area contributed by atoms with E-state index in [2.05, 4.69) is 0 Å². The second-order valence-electron chi connectivity index (χ2n) is 4.66. The van der Waals surface area contributed by atoms with Gasteiger partial charge in [-0.2, -0.15) is 0 Å². The molecule has 0 atom stereocenters. The number of ketones is 1. The molecule has 5 nitrogen and oxygen atoms in total. The van der Waals surface area contributed by atoms with Gasteiger partial charge in [-0.1, -0.05) is 18.2 Å². The van der Waals surface area contributed by atoms with Gasteiger partial charge in [-0.15, -0.1) is 0 Å². The molecule has 0 unspecified atom stereocenters. The van der Waals surface area contributed by atoms with Crippen LogP contribution in [0.3, 0.4) is 0 Å². The largest absolute Gasteiger partial charge is 0.508 e. The normalized spacial score (nSPS) is 10.3. The Bertz CT molecular complexity index is 677. The molecule has 0 radical (unpaired) electrons. The number of phenolic OH excluding ortho intramolecular Hbond substituents is 1. The third kappa shape index (κ3) is 3.39. The SMILES string of the molecule is Nc1cccc(C(=O)O)c1C(=O)CCc1ccc(O)cc1. The van der Waals surface area contributed by atoms with E-state index in [4.69, 9.17) is 10.8 Å². The summed E-state index contributed by atoms with van der Waals surface area (Å²) in [4.78, 5) is 23.4. The van der Waals surface area contributed by atoms with Crippen LogP contribution in [0, 0.1) is 0 Å². The molecule has 0 fully saturated rings. The van der Waals surface area contributed by atoms with Crippen molar-refractivity contribution < 1.29 is 19.8 Å². The number of nitrogens with two attached hydrogens (primary N) is 1. The Morgan fingerprint density at radius 2 is 1.71 bits per heavy atom. The molecule has 0 aromatic heterocycles. The highest BCUT2D eigenvalue weighted by atomic mass is 16.4. The summed E-state index contributed by atoms with van der Waals surface area (Å²) >= 11 is 0. The number of nitrogen functional groups attached to an aromatic ring is 1. The predicted molar refractivity (Wildman–Crippen MR) is 78.6 cm³/mol. The zero-order chi connectivity index (χ0) is 15.4. The number of aryl methyl sites for hydroxylation is 1. The number of carboxylic acids is 1. The minimum absolute atomic E-state index is 0.0591. The fraction of sp³-hybridized carbons (Fsp3) is 0.125. The van der Waals surface area contributed by atoms with Crippen LogP contribution < -0.4 is 5.73 Å². The van der Waals surface area contributed by atoms with Crippen molar-refractivity contribution in [1.82, 2.24) is 0 Å². The van der Waals surface area contributed by atoms with E-state index in [1.54, 1.807) is 24.3 Å². The van der Waals surface area contributed by atoms with Gasteiger partial charge in [0.2, 0.25) is 0 Å². The number of Topliss-reactive ketones (excluding diaryl/α,β-unsaturated/α-hetero) is 1. The van der Waals surface area contributed by atoms with Crippen LogP contribution >= 0.6 is 0 Å². The van der Waals surface area contributed by atoms with Crippen molar-refractivity contribution in [3.05, 3.63) is 59.2 Å². The summed E-state index contributed by atoms with van der Waals surface area (Å²) in [6, 6.07) is 10.9. The van der Waals surface area contributed by atoms with Gasteiger partial charge < -0.3 is 15.9 Å². The average molecular weight is 285 g/mol. The van der Waals surface area contributed by atoms with Crippen molar-refractivity contribution in [1.29, 1.82) is 0 Å². The highest BCUT2D eigenvalue weighted by molar-refractivity contribution is 6.09. The molecule has 0 saturated carbocycles. The number of carbonyl (C=O) groups excluding carboxylic acids is 1. The summed E-state index contributed by atoms with van der Waals surface area (Å²) in [6.07, 6.45) is 0.603. The van der Waals surface area contributed by atoms with Crippen molar-refractivity contribution in [3.8, 4) is 5.75 Å². The fourth-order valence-electron chi connectivity index (χ4n) is 2.11. The number of phenols is 1. The predicted octanol–water partition coefficient (Wildman–Crippen LogP) is 2.49. The molecule has 0 aliphatic carbocycles. The van der Waals surface area contributed by atoms with Gasteiger partial charge in [0.05, 0.1) is 11.1 Å². The lowest BCUT2D eigenvalue weighted by Gasteiger charge is -2.08. The van der Waals surface area contributed by atoms with Crippen molar-refractivity contribution in [3.63, 3.8) is 0 Å². The quantitative estimate of drug-likeness (QED) is 0.578. The second kappa shape index (κ2) is 6.09. The number of aromatic hydroxyl groups is 1. The summed E-state index contributed by atoms with van der Waals surface area (Å²) in [5, 5.41) is 18.3. The number of anilines is 1. The molecule has 0 aliphatic heterocycles. The summed E-state index contributed by atoms with van der Waals surface area (Å²) in [5.41, 5.74) is 6.77. The lowest BCUT2D eigenvalue weighted by molar-refractivity contribution is 0.0692. The lowest BCUT2D eigenvalue weighted by atomic mass is 9.97. The molecule has 2 rings (SSSR count). The van der Waals surface area contributed by atoms with Crippen LogP contribution in [0.2, 0.25) is 0 Å². The van der Waals surface area contributed by atoms with Gasteiger partial charge >= 0.3 is 5.97 Å². The molecule has 2 aromatic rings. The Labute approximate surface area is 121 Å². The first-order valence-electron chi connectivity index (χ1n) is 6.42. The molecular weight excluding hydrogens is 270 g/mol. The van der Waals surface area contributed by atoms with Crippen LogP contribution in [0.25, 0.3) is 0 Å². The van der Waals surface area contributed by atoms with Crippen LogP contribution in [-0.2, 0) is 6.42 Å². The number of hydrogen-bond acceptors (Lipinski definition) is 4. The van der Waals surface area contributed by atoms with Gasteiger partial charge in [0.15, 0.2) is 5.78 Å². The molecule has 0 aliphatic rings. The number of aromatic carboxylic acids is 1. The number of carbonyl (C=O) groups is 2. The Morgan fingerprint density at radius 3 is 2.33 bits per heavy atom. The number of rotatable bonds is 5. The van der Waals surface area contributed by atoms with E-state index in [0.29, 0.717) is 6.42 Å². The van der Waals surface area contributed by atoms with Gasteiger partial charge in [-0.25, -0.2) is 4.79 Å². The molecule has 108 valence electrons. The van der Waals surface area contributed by atoms with E-state index >= 15 is 0 Å². The summed E-state index contributed by atoms with van der Waals surface area (Å²) in [5.74, 6) is -1.32. The van der Waals surface area contributed by atoms with E-state index in [1.165, 1.54) is 18.2 Å². The van der Waals surface area contributed by atoms with Crippen LogP contribution in [0.4, 0.5) is 5.69 Å². The highest BCUT2D eigenvalue weighted by Gasteiger charge is 2.18. The van der Waals surface area contributed by atoms with Gasteiger partial charge in [-0.3, -0.25) is 4.79 Å². The van der Waals surface area contributed by atoms with Gasteiger partial charge in [0.25, 0.3) is 0 Å². The van der Waals surface area contributed by atoms with Crippen LogP contribution in [-0.4, -0.2) is 22.0 Å². The highest BCUT2D eigenvalue weighted by Crippen LogP contribution is 2.20. The van der Waals surface area contributed by atoms with E-state index in [-0.39, 0.29) is 34.8 Å². The molecule has 0 amide bonds. The second-order valence-corrected chi connectivity index (χ2v) is 4.66. The molecule has 0 bridgehead atoms. The van der Waals surface area contributed by atoms with Crippen LogP contribution in [0.1, 0.15) is 32.7 Å². The van der Waals surface area contributed by atoms with E-state index in [9.17, 15) is 14.7 Å².